The first kappa shape index (κ1) is 12.7. The average molecular weight is 258 g/mol. The molecule has 0 heterocycles. The maximum Gasteiger partial charge on any atom is 0.171 e. The van der Waals surface area contributed by atoms with Gasteiger partial charge < -0.3 is 10.5 Å². The van der Waals surface area contributed by atoms with E-state index in [0.717, 1.165) is 32.1 Å². The predicted molar refractivity (Wildman–Crippen MR) is 66.9 cm³/mol. The van der Waals surface area contributed by atoms with E-state index in [1.54, 1.807) is 6.07 Å². The highest BCUT2D eigenvalue weighted by molar-refractivity contribution is 6.31. The van der Waals surface area contributed by atoms with Crippen LogP contribution < -0.4 is 10.5 Å². The van der Waals surface area contributed by atoms with Gasteiger partial charge in [0.2, 0.25) is 0 Å². The Kier molecular flexibility index (Phi) is 3.59. The number of hydrogen-bond acceptors (Lipinski definition) is 2. The lowest BCUT2D eigenvalue weighted by molar-refractivity contribution is 0.287. The second-order valence-corrected chi connectivity index (χ2v) is 5.06. The molecule has 0 spiro atoms. The van der Waals surface area contributed by atoms with Crippen molar-refractivity contribution in [3.63, 3.8) is 0 Å². The van der Waals surface area contributed by atoms with E-state index in [0.29, 0.717) is 10.6 Å². The second-order valence-electron chi connectivity index (χ2n) is 4.66. The van der Waals surface area contributed by atoms with Gasteiger partial charge in [-0.1, -0.05) is 30.9 Å². The van der Waals surface area contributed by atoms with E-state index in [4.69, 9.17) is 22.1 Å². The molecule has 0 unspecified atom stereocenters. The number of rotatable bonds is 2. The Labute approximate surface area is 106 Å². The topological polar surface area (TPSA) is 35.2 Å². The van der Waals surface area contributed by atoms with Gasteiger partial charge in [-0.15, -0.1) is 0 Å². The highest BCUT2D eigenvalue weighted by atomic mass is 35.5. The van der Waals surface area contributed by atoms with Crippen molar-refractivity contribution in [2.45, 2.75) is 37.6 Å². The van der Waals surface area contributed by atoms with E-state index >= 15 is 0 Å². The minimum absolute atomic E-state index is 0.208. The molecule has 0 amide bonds. The third-order valence-corrected chi connectivity index (χ3v) is 3.83. The van der Waals surface area contributed by atoms with Gasteiger partial charge >= 0.3 is 0 Å². The molecule has 0 atom stereocenters. The van der Waals surface area contributed by atoms with Gasteiger partial charge in [-0.25, -0.2) is 4.39 Å². The lowest BCUT2D eigenvalue weighted by Crippen LogP contribution is -2.39. The number of ether oxygens (including phenoxy) is 1. The Balaban J connectivity index is 2.49. The molecule has 0 aromatic heterocycles. The minimum atomic E-state index is -0.645. The zero-order chi connectivity index (χ0) is 12.5. The predicted octanol–water partition coefficient (Wildman–Crippen LogP) is 3.61. The van der Waals surface area contributed by atoms with Crippen molar-refractivity contribution in [1.29, 1.82) is 0 Å². The van der Waals surface area contributed by atoms with Crippen molar-refractivity contribution in [1.82, 2.24) is 0 Å². The molecule has 2 rings (SSSR count). The first-order chi connectivity index (χ1) is 8.08. The van der Waals surface area contributed by atoms with Crippen LogP contribution in [0.2, 0.25) is 5.02 Å². The smallest absolute Gasteiger partial charge is 0.171 e. The minimum Gasteiger partial charge on any atom is -0.494 e. The molecular weight excluding hydrogens is 241 g/mol. The zero-order valence-corrected chi connectivity index (χ0v) is 10.7. The third-order valence-electron chi connectivity index (χ3n) is 3.52. The lowest BCUT2D eigenvalue weighted by atomic mass is 9.77. The molecular formula is C13H17ClFNO. The summed E-state index contributed by atoms with van der Waals surface area (Å²) in [5.74, 6) is -0.204. The highest BCUT2D eigenvalue weighted by Gasteiger charge is 2.35. The first-order valence-corrected chi connectivity index (χ1v) is 6.27. The maximum atomic E-state index is 14.3. The molecule has 0 bridgehead atoms. The van der Waals surface area contributed by atoms with Crippen LogP contribution in [-0.4, -0.2) is 7.11 Å². The van der Waals surface area contributed by atoms with Crippen molar-refractivity contribution in [2.24, 2.45) is 5.73 Å². The maximum absolute atomic E-state index is 14.3. The fraction of sp³-hybridized carbons (Fsp3) is 0.538. The first-order valence-electron chi connectivity index (χ1n) is 5.90. The quantitative estimate of drug-likeness (QED) is 0.879. The van der Waals surface area contributed by atoms with Gasteiger partial charge in [-0.2, -0.15) is 0 Å². The van der Waals surface area contributed by atoms with Crippen molar-refractivity contribution in [3.8, 4) is 5.75 Å². The summed E-state index contributed by atoms with van der Waals surface area (Å²) in [6.07, 6.45) is 4.74. The number of nitrogens with two attached hydrogens (primary N) is 1. The summed E-state index contributed by atoms with van der Waals surface area (Å²) in [4.78, 5) is 0. The Hall–Kier alpha value is -0.800. The van der Waals surface area contributed by atoms with Crippen molar-refractivity contribution in [2.75, 3.05) is 7.11 Å². The summed E-state index contributed by atoms with van der Waals surface area (Å²) in [6, 6.07) is 3.19. The number of hydrogen-bond donors (Lipinski definition) is 1. The standard InChI is InChI=1S/C13H17ClFNO/c1-17-10-6-5-9(14)11(12(10)15)13(16)7-3-2-4-8-13/h5-6H,2-4,7-8,16H2,1H3. The molecule has 1 aromatic rings. The van der Waals surface area contributed by atoms with Gasteiger partial charge in [-0.05, 0) is 25.0 Å². The van der Waals surface area contributed by atoms with E-state index in [1.165, 1.54) is 13.2 Å². The van der Waals surface area contributed by atoms with E-state index < -0.39 is 11.4 Å². The van der Waals surface area contributed by atoms with Crippen molar-refractivity contribution < 1.29 is 9.13 Å². The molecule has 2 nitrogen and oxygen atoms in total. The van der Waals surface area contributed by atoms with Crippen LogP contribution in [0.3, 0.4) is 0 Å². The van der Waals surface area contributed by atoms with Crippen molar-refractivity contribution in [3.05, 3.63) is 28.5 Å². The molecule has 1 saturated carbocycles. The Bertz CT molecular complexity index is 416. The summed E-state index contributed by atoms with van der Waals surface area (Å²) in [7, 11) is 1.44. The van der Waals surface area contributed by atoms with Crippen LogP contribution in [0.1, 0.15) is 37.7 Å². The van der Waals surface area contributed by atoms with Crippen LogP contribution in [0.15, 0.2) is 12.1 Å². The lowest BCUT2D eigenvalue weighted by Gasteiger charge is -2.35. The van der Waals surface area contributed by atoms with Crippen LogP contribution >= 0.6 is 11.6 Å². The van der Waals surface area contributed by atoms with Crippen LogP contribution in [0.4, 0.5) is 4.39 Å². The Morgan fingerprint density at radius 3 is 2.53 bits per heavy atom. The van der Waals surface area contributed by atoms with Gasteiger partial charge in [0, 0.05) is 16.1 Å². The normalized spacial score (nSPS) is 19.1. The summed E-state index contributed by atoms with van der Waals surface area (Å²) in [6.45, 7) is 0. The monoisotopic (exact) mass is 257 g/mol. The molecule has 94 valence electrons. The van der Waals surface area contributed by atoms with E-state index in [9.17, 15) is 4.39 Å². The second kappa shape index (κ2) is 4.83. The number of halogens is 2. The molecule has 0 saturated heterocycles. The molecule has 0 aliphatic heterocycles. The van der Waals surface area contributed by atoms with Crippen LogP contribution in [0.25, 0.3) is 0 Å². The molecule has 2 N–H and O–H groups in total. The fourth-order valence-electron chi connectivity index (χ4n) is 2.58. The van der Waals surface area contributed by atoms with E-state index in [2.05, 4.69) is 0 Å². The molecule has 1 fully saturated rings. The molecule has 0 radical (unpaired) electrons. The third kappa shape index (κ3) is 2.26. The van der Waals surface area contributed by atoms with Gasteiger partial charge in [0.25, 0.3) is 0 Å². The SMILES string of the molecule is COc1ccc(Cl)c(C2(N)CCCCC2)c1F. The summed E-state index contributed by atoms with van der Waals surface area (Å²) in [5, 5.41) is 0.396. The molecule has 1 aromatic carbocycles. The number of benzene rings is 1. The largest absolute Gasteiger partial charge is 0.494 e. The van der Waals surface area contributed by atoms with Gasteiger partial charge in [-0.3, -0.25) is 0 Å². The van der Waals surface area contributed by atoms with Gasteiger partial charge in [0.15, 0.2) is 11.6 Å². The summed E-state index contributed by atoms with van der Waals surface area (Å²) in [5.41, 5.74) is 6.10. The average Bonchev–Trinajstić information content (AvgIpc) is 2.30. The molecule has 1 aliphatic rings. The van der Waals surface area contributed by atoms with Crippen LogP contribution in [-0.2, 0) is 5.54 Å². The summed E-state index contributed by atoms with van der Waals surface area (Å²) >= 11 is 6.11. The molecule has 1 aliphatic carbocycles. The Morgan fingerprint density at radius 2 is 1.94 bits per heavy atom. The number of methoxy groups -OCH3 is 1. The van der Waals surface area contributed by atoms with Crippen LogP contribution in [0.5, 0.6) is 5.75 Å². The van der Waals surface area contributed by atoms with Crippen LogP contribution in [0, 0.1) is 5.82 Å². The fourth-order valence-corrected chi connectivity index (χ4v) is 2.91. The zero-order valence-electron chi connectivity index (χ0n) is 9.93. The van der Waals surface area contributed by atoms with Crippen molar-refractivity contribution >= 4 is 11.6 Å². The van der Waals surface area contributed by atoms with E-state index in [-0.39, 0.29) is 5.75 Å². The van der Waals surface area contributed by atoms with Gasteiger partial charge in [0.1, 0.15) is 0 Å². The highest BCUT2D eigenvalue weighted by Crippen LogP contribution is 2.41. The van der Waals surface area contributed by atoms with Gasteiger partial charge in [0.05, 0.1) is 7.11 Å². The van der Waals surface area contributed by atoms with E-state index in [1.807, 2.05) is 0 Å². The molecule has 4 heteroatoms. The summed E-state index contributed by atoms with van der Waals surface area (Å²) < 4.78 is 19.3. The molecule has 17 heavy (non-hydrogen) atoms. The Morgan fingerprint density at radius 1 is 1.29 bits per heavy atom.